The van der Waals surface area contributed by atoms with Gasteiger partial charge >= 0.3 is 0 Å². The molecule has 0 heterocycles. The summed E-state index contributed by atoms with van der Waals surface area (Å²) in [4.78, 5) is 1.59. The van der Waals surface area contributed by atoms with E-state index in [1.165, 1.54) is 37.8 Å². The van der Waals surface area contributed by atoms with Gasteiger partial charge in [0.2, 0.25) is 0 Å². The van der Waals surface area contributed by atoms with E-state index in [9.17, 15) is 0 Å². The van der Waals surface area contributed by atoms with Crippen LogP contribution in [0, 0.1) is 17.8 Å². The lowest BCUT2D eigenvalue weighted by molar-refractivity contribution is -0.863. The summed E-state index contributed by atoms with van der Waals surface area (Å²) in [6, 6.07) is 8.64. The van der Waals surface area contributed by atoms with Crippen LogP contribution < -0.4 is 17.3 Å². The molecule has 2 bridgehead atoms. The molecule has 0 radical (unpaired) electrons. The molecule has 0 saturated heterocycles. The van der Waals surface area contributed by atoms with Gasteiger partial charge in [-0.2, -0.15) is 0 Å². The summed E-state index contributed by atoms with van der Waals surface area (Å²) in [6.07, 6.45) is 5.78. The second kappa shape index (κ2) is 6.68. The molecule has 3 heteroatoms. The highest BCUT2D eigenvalue weighted by Crippen LogP contribution is 2.53. The summed E-state index contributed by atoms with van der Waals surface area (Å²) < 4.78 is 0. The zero-order valence-corrected chi connectivity index (χ0v) is 13.9. The van der Waals surface area contributed by atoms with Gasteiger partial charge in [-0.15, -0.1) is 0 Å². The quantitative estimate of drug-likeness (QED) is 0.802. The molecule has 1 aromatic rings. The van der Waals surface area contributed by atoms with E-state index in [-0.39, 0.29) is 12.4 Å². The van der Waals surface area contributed by atoms with E-state index in [1.54, 1.807) is 4.90 Å². The molecular formula is C17H25Cl2N. The van der Waals surface area contributed by atoms with Gasteiger partial charge in [0.1, 0.15) is 0 Å². The second-order valence-corrected chi connectivity index (χ2v) is 7.27. The summed E-state index contributed by atoms with van der Waals surface area (Å²) in [7, 11) is 4.58. The van der Waals surface area contributed by atoms with E-state index >= 15 is 0 Å². The van der Waals surface area contributed by atoms with E-state index in [0.29, 0.717) is 0 Å². The third kappa shape index (κ3) is 3.16. The molecule has 3 saturated carbocycles. The van der Waals surface area contributed by atoms with Gasteiger partial charge in [0.15, 0.2) is 0 Å². The van der Waals surface area contributed by atoms with Crippen molar-refractivity contribution in [3.63, 3.8) is 0 Å². The van der Waals surface area contributed by atoms with Crippen LogP contribution in [-0.4, -0.2) is 20.6 Å². The van der Waals surface area contributed by atoms with Gasteiger partial charge in [0.25, 0.3) is 0 Å². The Morgan fingerprint density at radius 2 is 1.75 bits per heavy atom. The number of rotatable bonds is 3. The van der Waals surface area contributed by atoms with Crippen molar-refractivity contribution in [1.29, 1.82) is 0 Å². The van der Waals surface area contributed by atoms with Crippen LogP contribution in [0.4, 0.5) is 0 Å². The number of nitrogens with one attached hydrogen (secondary N) is 1. The van der Waals surface area contributed by atoms with Crippen molar-refractivity contribution in [1.82, 2.24) is 0 Å². The molecule has 1 nitrogen and oxygen atoms in total. The molecule has 3 fully saturated rings. The summed E-state index contributed by atoms with van der Waals surface area (Å²) in [5, 5.41) is 0.898. The number of hydrogen-bond acceptors (Lipinski definition) is 0. The molecule has 1 aromatic carbocycles. The zero-order valence-electron chi connectivity index (χ0n) is 12.4. The van der Waals surface area contributed by atoms with Crippen LogP contribution >= 0.6 is 11.6 Å². The Bertz CT molecular complexity index is 438. The van der Waals surface area contributed by atoms with Crippen LogP contribution in [0.3, 0.4) is 0 Å². The molecule has 4 rings (SSSR count). The molecule has 3 aliphatic carbocycles. The van der Waals surface area contributed by atoms with E-state index in [0.717, 1.165) is 28.7 Å². The Kier molecular flexibility index (Phi) is 5.39. The van der Waals surface area contributed by atoms with Gasteiger partial charge in [-0.3, -0.25) is 0 Å². The highest BCUT2D eigenvalue weighted by Gasteiger charge is 2.45. The molecule has 1 N–H and O–H groups in total. The van der Waals surface area contributed by atoms with E-state index in [1.807, 2.05) is 6.07 Å². The normalized spacial score (nSPS) is 32.2. The number of benzene rings is 1. The minimum Gasteiger partial charge on any atom is -1.00 e. The Morgan fingerprint density at radius 3 is 2.35 bits per heavy atom. The maximum Gasteiger partial charge on any atom is 0.0804 e. The van der Waals surface area contributed by atoms with Crippen molar-refractivity contribution in [2.75, 3.05) is 20.6 Å². The molecule has 3 aliphatic rings. The van der Waals surface area contributed by atoms with E-state index < -0.39 is 0 Å². The van der Waals surface area contributed by atoms with Crippen molar-refractivity contribution in [3.05, 3.63) is 34.9 Å². The van der Waals surface area contributed by atoms with Crippen LogP contribution in [0.1, 0.15) is 37.2 Å². The van der Waals surface area contributed by atoms with Gasteiger partial charge in [-0.1, -0.05) is 23.7 Å². The summed E-state index contributed by atoms with van der Waals surface area (Å²) in [5.74, 6) is 3.45. The standard InChI is InChI=1S/C17H24ClN.ClH/c1-19(2)11-16-12-6-8-13(9-7-12)17(16)14-4-3-5-15(18)10-14;/h3-5,10,12-13,16-17H,6-9,11H2,1-2H3;1H. The van der Waals surface area contributed by atoms with Crippen molar-refractivity contribution < 1.29 is 17.3 Å². The number of halogens is 2. The highest BCUT2D eigenvalue weighted by molar-refractivity contribution is 6.30. The van der Waals surface area contributed by atoms with Gasteiger partial charge in [0.05, 0.1) is 20.6 Å². The molecule has 20 heavy (non-hydrogen) atoms. The first-order valence-electron chi connectivity index (χ1n) is 7.69. The van der Waals surface area contributed by atoms with Crippen LogP contribution in [0.25, 0.3) is 0 Å². The average Bonchev–Trinajstić information content (AvgIpc) is 2.39. The first kappa shape index (κ1) is 16.1. The maximum absolute atomic E-state index is 6.21. The van der Waals surface area contributed by atoms with Crippen molar-refractivity contribution >= 4 is 11.6 Å². The molecule has 0 aliphatic heterocycles. The molecule has 0 amide bonds. The largest absolute Gasteiger partial charge is 1.00 e. The van der Waals surface area contributed by atoms with E-state index in [2.05, 4.69) is 32.3 Å². The number of quaternary nitrogens is 1. The lowest BCUT2D eigenvalue weighted by Gasteiger charge is -2.49. The summed E-state index contributed by atoms with van der Waals surface area (Å²) >= 11 is 6.21. The number of fused-ring (bicyclic) bond motifs is 3. The minimum atomic E-state index is 0. The topological polar surface area (TPSA) is 4.44 Å². The van der Waals surface area contributed by atoms with Crippen LogP contribution in [0.2, 0.25) is 5.02 Å². The van der Waals surface area contributed by atoms with Crippen molar-refractivity contribution in [2.45, 2.75) is 31.6 Å². The van der Waals surface area contributed by atoms with Crippen molar-refractivity contribution in [3.8, 4) is 0 Å². The minimum absolute atomic E-state index is 0. The Hall–Kier alpha value is -0.240. The Labute approximate surface area is 134 Å². The Morgan fingerprint density at radius 1 is 1.10 bits per heavy atom. The van der Waals surface area contributed by atoms with Crippen LogP contribution in [0.5, 0.6) is 0 Å². The predicted octanol–water partition coefficient (Wildman–Crippen LogP) is 0.00830. The number of hydrogen-bond donors (Lipinski definition) is 1. The Balaban J connectivity index is 0.00000147. The van der Waals surface area contributed by atoms with Gasteiger partial charge in [-0.25, -0.2) is 0 Å². The summed E-state index contributed by atoms with van der Waals surface area (Å²) in [6.45, 7) is 1.30. The monoisotopic (exact) mass is 313 g/mol. The second-order valence-electron chi connectivity index (χ2n) is 6.83. The fraction of sp³-hybridized carbons (Fsp3) is 0.647. The molecule has 0 spiro atoms. The first-order valence-corrected chi connectivity index (χ1v) is 8.07. The third-order valence-electron chi connectivity index (χ3n) is 5.27. The maximum atomic E-state index is 6.21. The lowest BCUT2D eigenvalue weighted by Crippen LogP contribution is -3.06. The van der Waals surface area contributed by atoms with Crippen LogP contribution in [0.15, 0.2) is 24.3 Å². The SMILES string of the molecule is C[NH+](C)CC1C2CCC(CC2)C1c1cccc(Cl)c1.[Cl-]. The molecule has 2 atom stereocenters. The molecule has 112 valence electrons. The molecule has 0 aromatic heterocycles. The first-order chi connectivity index (χ1) is 9.15. The zero-order chi connectivity index (χ0) is 13.4. The fourth-order valence-electron chi connectivity index (χ4n) is 4.57. The van der Waals surface area contributed by atoms with Crippen LogP contribution in [-0.2, 0) is 0 Å². The summed E-state index contributed by atoms with van der Waals surface area (Å²) in [5.41, 5.74) is 1.49. The van der Waals surface area contributed by atoms with Gasteiger partial charge in [-0.05, 0) is 61.1 Å². The highest BCUT2D eigenvalue weighted by atomic mass is 35.5. The smallest absolute Gasteiger partial charge is 0.0804 e. The van der Waals surface area contributed by atoms with E-state index in [4.69, 9.17) is 11.6 Å². The molecular weight excluding hydrogens is 289 g/mol. The van der Waals surface area contributed by atoms with Gasteiger partial charge < -0.3 is 17.3 Å². The van der Waals surface area contributed by atoms with Gasteiger partial charge in [0, 0.05) is 10.9 Å². The third-order valence-corrected chi connectivity index (χ3v) is 5.50. The fourth-order valence-corrected chi connectivity index (χ4v) is 4.77. The van der Waals surface area contributed by atoms with Crippen molar-refractivity contribution in [2.24, 2.45) is 17.8 Å². The molecule has 2 unspecified atom stereocenters. The predicted molar refractivity (Wildman–Crippen MR) is 80.8 cm³/mol. The lowest BCUT2D eigenvalue weighted by atomic mass is 9.57. The average molecular weight is 314 g/mol.